The molecule has 0 saturated carbocycles. The van der Waals surface area contributed by atoms with E-state index >= 15 is 0 Å². The van der Waals surface area contributed by atoms with E-state index in [0.29, 0.717) is 18.4 Å². The number of hydrogen-bond acceptors (Lipinski definition) is 3. The van der Waals surface area contributed by atoms with E-state index in [1.54, 1.807) is 0 Å². The summed E-state index contributed by atoms with van der Waals surface area (Å²) in [4.78, 5) is 5.95. The third-order valence-electron chi connectivity index (χ3n) is 2.56. The Labute approximate surface area is 94.3 Å². The lowest BCUT2D eigenvalue weighted by molar-refractivity contribution is 0.0665. The van der Waals surface area contributed by atoms with Crippen LogP contribution in [0.5, 0.6) is 0 Å². The molecule has 92 valence electrons. The number of rotatable bonds is 6. The maximum absolute atomic E-state index is 12.5. The zero-order valence-electron chi connectivity index (χ0n) is 9.82. The Morgan fingerprint density at radius 2 is 2.19 bits per heavy atom. The fourth-order valence-electron chi connectivity index (χ4n) is 1.23. The van der Waals surface area contributed by atoms with Crippen LogP contribution in [0.3, 0.4) is 0 Å². The van der Waals surface area contributed by atoms with Crippen molar-refractivity contribution in [3.8, 4) is 0 Å². The zero-order chi connectivity index (χ0) is 12.1. The lowest BCUT2D eigenvalue weighted by Gasteiger charge is -2.20. The van der Waals surface area contributed by atoms with Gasteiger partial charge in [-0.15, -0.1) is 0 Å². The van der Waals surface area contributed by atoms with Crippen molar-refractivity contribution in [2.45, 2.75) is 26.1 Å². The largest absolute Gasteiger partial charge is 0.319 e. The first-order chi connectivity index (χ1) is 7.52. The van der Waals surface area contributed by atoms with Crippen molar-refractivity contribution in [2.24, 2.45) is 0 Å². The summed E-state index contributed by atoms with van der Waals surface area (Å²) in [6.07, 6.45) is 2.68. The van der Waals surface area contributed by atoms with Gasteiger partial charge in [0.2, 0.25) is 0 Å². The number of likely N-dealkylation sites (N-methyl/N-ethyl adjacent to an activating group) is 1. The van der Waals surface area contributed by atoms with Gasteiger partial charge in [-0.3, -0.25) is 4.57 Å². The van der Waals surface area contributed by atoms with E-state index in [1.807, 2.05) is 14.1 Å². The van der Waals surface area contributed by atoms with Gasteiger partial charge in [0.25, 0.3) is 0 Å². The Balaban J connectivity index is 2.40. The highest BCUT2D eigenvalue weighted by molar-refractivity contribution is 4.92. The second-order valence-corrected chi connectivity index (χ2v) is 3.97. The topological polar surface area (TPSA) is 33.1 Å². The second kappa shape index (κ2) is 5.91. The molecule has 0 aliphatic heterocycles. The number of nitrogens with zero attached hydrogens (tertiary/aromatic N) is 3. The molecule has 0 aliphatic carbocycles. The average Bonchev–Trinajstić information content (AvgIpc) is 2.65. The van der Waals surface area contributed by atoms with Crippen LogP contribution in [0.25, 0.3) is 0 Å². The average molecular weight is 232 g/mol. The van der Waals surface area contributed by atoms with Gasteiger partial charge in [0.15, 0.2) is 0 Å². The van der Waals surface area contributed by atoms with Crippen LogP contribution in [0, 0.1) is 0 Å². The SMILES string of the molecule is CC(CNCc1nccn1C(F)F)N(C)C. The highest BCUT2D eigenvalue weighted by Gasteiger charge is 2.11. The molecule has 1 unspecified atom stereocenters. The van der Waals surface area contributed by atoms with Gasteiger partial charge in [-0.2, -0.15) is 8.78 Å². The monoisotopic (exact) mass is 232 g/mol. The lowest BCUT2D eigenvalue weighted by Crippen LogP contribution is -2.35. The Kier molecular flexibility index (Phi) is 4.82. The molecule has 0 saturated heterocycles. The van der Waals surface area contributed by atoms with Gasteiger partial charge in [-0.25, -0.2) is 4.98 Å². The standard InChI is InChI=1S/C10H18F2N4/c1-8(15(2)3)6-13-7-9-14-4-5-16(9)10(11)12/h4-5,8,10,13H,6-7H2,1-3H3. The predicted octanol–water partition coefficient (Wildman–Crippen LogP) is 1.32. The van der Waals surface area contributed by atoms with E-state index in [1.165, 1.54) is 12.4 Å². The van der Waals surface area contributed by atoms with Crippen LogP contribution >= 0.6 is 0 Å². The molecule has 1 rings (SSSR count). The maximum atomic E-state index is 12.5. The van der Waals surface area contributed by atoms with E-state index in [4.69, 9.17) is 0 Å². The third kappa shape index (κ3) is 3.53. The molecule has 6 heteroatoms. The van der Waals surface area contributed by atoms with Crippen molar-refractivity contribution in [2.75, 3.05) is 20.6 Å². The first-order valence-corrected chi connectivity index (χ1v) is 5.19. The molecule has 0 fully saturated rings. The molecule has 4 nitrogen and oxygen atoms in total. The van der Waals surface area contributed by atoms with Crippen LogP contribution in [0.2, 0.25) is 0 Å². The van der Waals surface area contributed by atoms with Crippen LogP contribution in [-0.2, 0) is 6.54 Å². The molecular weight excluding hydrogens is 214 g/mol. The molecular formula is C10H18F2N4. The quantitative estimate of drug-likeness (QED) is 0.803. The van der Waals surface area contributed by atoms with E-state index < -0.39 is 6.55 Å². The lowest BCUT2D eigenvalue weighted by atomic mass is 10.3. The molecule has 0 spiro atoms. The highest BCUT2D eigenvalue weighted by Crippen LogP contribution is 2.11. The molecule has 1 atom stereocenters. The number of aromatic nitrogens is 2. The minimum absolute atomic E-state index is 0.356. The molecule has 1 aromatic heterocycles. The summed E-state index contributed by atoms with van der Waals surface area (Å²) in [5.74, 6) is 0.362. The summed E-state index contributed by atoms with van der Waals surface area (Å²) >= 11 is 0. The number of hydrogen-bond donors (Lipinski definition) is 1. The Bertz CT molecular complexity index is 312. The van der Waals surface area contributed by atoms with E-state index in [-0.39, 0.29) is 0 Å². The van der Waals surface area contributed by atoms with Crippen LogP contribution in [0.1, 0.15) is 19.3 Å². The number of alkyl halides is 2. The minimum atomic E-state index is -2.52. The normalized spacial score (nSPS) is 13.7. The maximum Gasteiger partial charge on any atom is 0.319 e. The third-order valence-corrected chi connectivity index (χ3v) is 2.56. The van der Waals surface area contributed by atoms with Crippen molar-refractivity contribution in [3.05, 3.63) is 18.2 Å². The number of imidazole rings is 1. The summed E-state index contributed by atoms with van der Waals surface area (Å²) in [5, 5.41) is 3.11. The molecule has 0 aliphatic rings. The Hall–Kier alpha value is -1.01. The van der Waals surface area contributed by atoms with E-state index in [2.05, 4.69) is 22.1 Å². The summed E-state index contributed by atoms with van der Waals surface area (Å²) in [5.41, 5.74) is 0. The van der Waals surface area contributed by atoms with Gasteiger partial charge in [-0.05, 0) is 21.0 Å². The van der Waals surface area contributed by atoms with Crippen LogP contribution < -0.4 is 5.32 Å². The predicted molar refractivity (Wildman–Crippen MR) is 58.3 cm³/mol. The van der Waals surface area contributed by atoms with Gasteiger partial charge in [0.1, 0.15) is 5.82 Å². The van der Waals surface area contributed by atoms with Crippen LogP contribution in [0.15, 0.2) is 12.4 Å². The van der Waals surface area contributed by atoms with Gasteiger partial charge in [0, 0.05) is 25.0 Å². The van der Waals surface area contributed by atoms with Crippen molar-refractivity contribution in [3.63, 3.8) is 0 Å². The van der Waals surface area contributed by atoms with Crippen molar-refractivity contribution in [1.29, 1.82) is 0 Å². The zero-order valence-corrected chi connectivity index (χ0v) is 9.82. The van der Waals surface area contributed by atoms with E-state index in [9.17, 15) is 8.78 Å². The molecule has 16 heavy (non-hydrogen) atoms. The molecule has 0 bridgehead atoms. The fraction of sp³-hybridized carbons (Fsp3) is 0.700. The smallest absolute Gasteiger partial charge is 0.308 e. The first kappa shape index (κ1) is 13.1. The number of nitrogens with one attached hydrogen (secondary N) is 1. The molecule has 0 aromatic carbocycles. The summed E-state index contributed by atoms with van der Waals surface area (Å²) in [6.45, 7) is 0.635. The first-order valence-electron chi connectivity index (χ1n) is 5.19. The van der Waals surface area contributed by atoms with Crippen LogP contribution in [0.4, 0.5) is 8.78 Å². The Morgan fingerprint density at radius 1 is 1.50 bits per heavy atom. The Morgan fingerprint density at radius 3 is 2.75 bits per heavy atom. The van der Waals surface area contributed by atoms with E-state index in [0.717, 1.165) is 11.1 Å². The molecule has 0 amide bonds. The molecule has 1 heterocycles. The molecule has 1 aromatic rings. The number of halogens is 2. The summed E-state index contributed by atoms with van der Waals surface area (Å²) in [6, 6.07) is 0.356. The summed E-state index contributed by atoms with van der Waals surface area (Å²) < 4.78 is 25.8. The van der Waals surface area contributed by atoms with Crippen molar-refractivity contribution >= 4 is 0 Å². The van der Waals surface area contributed by atoms with Gasteiger partial charge >= 0.3 is 6.55 Å². The highest BCUT2D eigenvalue weighted by atomic mass is 19.3. The van der Waals surface area contributed by atoms with Crippen molar-refractivity contribution < 1.29 is 8.78 Å². The van der Waals surface area contributed by atoms with Crippen LogP contribution in [-0.4, -0.2) is 41.1 Å². The molecule has 0 radical (unpaired) electrons. The van der Waals surface area contributed by atoms with Gasteiger partial charge in [0.05, 0.1) is 6.54 Å². The minimum Gasteiger partial charge on any atom is -0.308 e. The van der Waals surface area contributed by atoms with Gasteiger partial charge in [-0.1, -0.05) is 0 Å². The summed E-state index contributed by atoms with van der Waals surface area (Å²) in [7, 11) is 3.96. The van der Waals surface area contributed by atoms with Crippen molar-refractivity contribution in [1.82, 2.24) is 19.8 Å². The fourth-order valence-corrected chi connectivity index (χ4v) is 1.23. The molecule has 1 N–H and O–H groups in total. The van der Waals surface area contributed by atoms with Gasteiger partial charge < -0.3 is 10.2 Å². The second-order valence-electron chi connectivity index (χ2n) is 3.97.